The molecule has 0 aliphatic rings. The van der Waals surface area contributed by atoms with Crippen molar-refractivity contribution in [3.05, 3.63) is 34.3 Å². The van der Waals surface area contributed by atoms with E-state index in [1.165, 1.54) is 0 Å². The van der Waals surface area contributed by atoms with Gasteiger partial charge in [0.15, 0.2) is 0 Å². The molecule has 0 bridgehead atoms. The zero-order valence-electron chi connectivity index (χ0n) is 10.6. The van der Waals surface area contributed by atoms with E-state index in [4.69, 9.17) is 16.3 Å². The van der Waals surface area contributed by atoms with E-state index in [-0.39, 0.29) is 12.1 Å². The van der Waals surface area contributed by atoms with Crippen molar-refractivity contribution in [2.24, 2.45) is 0 Å². The van der Waals surface area contributed by atoms with Gasteiger partial charge in [0.2, 0.25) is 0 Å². The van der Waals surface area contributed by atoms with Crippen LogP contribution < -0.4 is 0 Å². The Morgan fingerprint density at radius 3 is 2.65 bits per heavy atom. The summed E-state index contributed by atoms with van der Waals surface area (Å²) in [7, 11) is 0. The van der Waals surface area contributed by atoms with Gasteiger partial charge < -0.3 is 4.74 Å². The van der Waals surface area contributed by atoms with Crippen LogP contribution >= 0.6 is 11.6 Å². The molecule has 0 saturated carbocycles. The van der Waals surface area contributed by atoms with Gasteiger partial charge in [0.25, 0.3) is 0 Å². The Hall–Kier alpha value is -1.02. The van der Waals surface area contributed by atoms with Crippen molar-refractivity contribution in [1.29, 1.82) is 0 Å². The summed E-state index contributed by atoms with van der Waals surface area (Å²) >= 11 is 5.99. The minimum absolute atomic E-state index is 0.150. The van der Waals surface area contributed by atoms with Crippen molar-refractivity contribution in [2.45, 2.75) is 46.1 Å². The molecule has 0 amide bonds. The van der Waals surface area contributed by atoms with Gasteiger partial charge in [0.1, 0.15) is 6.10 Å². The van der Waals surface area contributed by atoms with Crippen molar-refractivity contribution >= 4 is 17.6 Å². The fraction of sp³-hybridized carbons (Fsp3) is 0.500. The molecule has 3 heteroatoms. The molecular weight excluding hydrogens is 236 g/mol. The van der Waals surface area contributed by atoms with E-state index in [1.807, 2.05) is 25.1 Å². The highest BCUT2D eigenvalue weighted by molar-refractivity contribution is 6.31. The number of carbonyl (C=O) groups excluding carboxylic acids is 1. The summed E-state index contributed by atoms with van der Waals surface area (Å²) in [5, 5.41) is 0.741. The number of carbonyl (C=O) groups is 1. The fourth-order valence-corrected chi connectivity index (χ4v) is 1.78. The summed E-state index contributed by atoms with van der Waals surface area (Å²) in [6.45, 7) is 5.84. The first-order chi connectivity index (χ1) is 8.08. The summed E-state index contributed by atoms with van der Waals surface area (Å²) in [6, 6.07) is 5.78. The van der Waals surface area contributed by atoms with Gasteiger partial charge in [-0.2, -0.15) is 0 Å². The summed E-state index contributed by atoms with van der Waals surface area (Å²) in [5.41, 5.74) is 2.04. The quantitative estimate of drug-likeness (QED) is 0.726. The third kappa shape index (κ3) is 4.04. The van der Waals surface area contributed by atoms with Crippen molar-refractivity contribution in [2.75, 3.05) is 0 Å². The van der Waals surface area contributed by atoms with E-state index in [2.05, 4.69) is 6.92 Å². The second-order valence-corrected chi connectivity index (χ2v) is 4.54. The van der Waals surface area contributed by atoms with Gasteiger partial charge in [0.05, 0.1) is 0 Å². The highest BCUT2D eigenvalue weighted by Gasteiger charge is 2.15. The van der Waals surface area contributed by atoms with Crippen LogP contribution in [-0.4, -0.2) is 5.97 Å². The molecule has 0 aromatic heterocycles. The van der Waals surface area contributed by atoms with Crippen LogP contribution in [0.4, 0.5) is 0 Å². The number of halogens is 1. The SMILES string of the molecule is CCCC(OC(=O)CC)c1ccc(Cl)c(C)c1. The number of rotatable bonds is 5. The molecule has 1 aromatic rings. The number of hydrogen-bond acceptors (Lipinski definition) is 2. The summed E-state index contributed by atoms with van der Waals surface area (Å²) < 4.78 is 5.44. The molecule has 1 atom stereocenters. The molecule has 0 aliphatic heterocycles. The Labute approximate surface area is 108 Å². The maximum Gasteiger partial charge on any atom is 0.306 e. The number of ether oxygens (including phenoxy) is 1. The van der Waals surface area contributed by atoms with Crippen molar-refractivity contribution < 1.29 is 9.53 Å². The van der Waals surface area contributed by atoms with Gasteiger partial charge in [-0.1, -0.05) is 44.0 Å². The molecule has 0 saturated heterocycles. The lowest BCUT2D eigenvalue weighted by atomic mass is 10.0. The van der Waals surface area contributed by atoms with Crippen LogP contribution in [0.3, 0.4) is 0 Å². The van der Waals surface area contributed by atoms with Gasteiger partial charge in [0, 0.05) is 11.4 Å². The molecule has 94 valence electrons. The monoisotopic (exact) mass is 254 g/mol. The van der Waals surface area contributed by atoms with Gasteiger partial charge in [-0.15, -0.1) is 0 Å². The third-order valence-corrected chi connectivity index (χ3v) is 3.09. The Morgan fingerprint density at radius 1 is 1.41 bits per heavy atom. The average molecular weight is 255 g/mol. The largest absolute Gasteiger partial charge is 0.457 e. The molecule has 0 N–H and O–H groups in total. The third-order valence-electron chi connectivity index (χ3n) is 2.67. The summed E-state index contributed by atoms with van der Waals surface area (Å²) in [6.07, 6.45) is 2.08. The summed E-state index contributed by atoms with van der Waals surface area (Å²) in [5.74, 6) is -0.156. The van der Waals surface area contributed by atoms with Crippen molar-refractivity contribution in [3.8, 4) is 0 Å². The lowest BCUT2D eigenvalue weighted by Gasteiger charge is -2.18. The zero-order valence-corrected chi connectivity index (χ0v) is 11.4. The normalized spacial score (nSPS) is 12.2. The molecule has 2 nitrogen and oxygen atoms in total. The Balaban J connectivity index is 2.88. The molecule has 0 fully saturated rings. The van der Waals surface area contributed by atoms with E-state index < -0.39 is 0 Å². The van der Waals surface area contributed by atoms with Crippen LogP contribution in [0.2, 0.25) is 5.02 Å². The standard InChI is InChI=1S/C14H19ClO2/c1-4-6-13(17-14(16)5-2)11-7-8-12(15)10(3)9-11/h7-9,13H,4-6H2,1-3H3. The van der Waals surface area contributed by atoms with Crippen molar-refractivity contribution in [3.63, 3.8) is 0 Å². The second kappa shape index (κ2) is 6.65. The Bertz CT molecular complexity index is 388. The van der Waals surface area contributed by atoms with Crippen LogP contribution in [0.25, 0.3) is 0 Å². The predicted molar refractivity (Wildman–Crippen MR) is 70.2 cm³/mol. The van der Waals surface area contributed by atoms with Crippen LogP contribution in [0, 0.1) is 6.92 Å². The molecule has 0 aliphatic carbocycles. The van der Waals surface area contributed by atoms with Gasteiger partial charge in [-0.05, 0) is 30.5 Å². The lowest BCUT2D eigenvalue weighted by Crippen LogP contribution is -2.10. The van der Waals surface area contributed by atoms with Crippen LogP contribution in [0.5, 0.6) is 0 Å². The van der Waals surface area contributed by atoms with E-state index in [9.17, 15) is 4.79 Å². The Kier molecular flexibility index (Phi) is 5.49. The molecule has 1 rings (SSSR count). The number of aryl methyl sites for hydroxylation is 1. The van der Waals surface area contributed by atoms with Gasteiger partial charge in [-0.3, -0.25) is 4.79 Å². The second-order valence-electron chi connectivity index (χ2n) is 4.13. The first-order valence-electron chi connectivity index (χ1n) is 6.04. The molecule has 0 spiro atoms. The van der Waals surface area contributed by atoms with Gasteiger partial charge >= 0.3 is 5.97 Å². The van der Waals surface area contributed by atoms with Crippen molar-refractivity contribution in [1.82, 2.24) is 0 Å². The average Bonchev–Trinajstić information content (AvgIpc) is 2.32. The maximum absolute atomic E-state index is 11.4. The van der Waals surface area contributed by atoms with E-state index in [0.717, 1.165) is 29.0 Å². The smallest absolute Gasteiger partial charge is 0.306 e. The number of benzene rings is 1. The van der Waals surface area contributed by atoms with Crippen LogP contribution in [-0.2, 0) is 9.53 Å². The molecule has 0 heterocycles. The van der Waals surface area contributed by atoms with Crippen LogP contribution in [0.1, 0.15) is 50.3 Å². The molecular formula is C14H19ClO2. The first-order valence-corrected chi connectivity index (χ1v) is 6.41. The number of hydrogen-bond donors (Lipinski definition) is 0. The van der Waals surface area contributed by atoms with Crippen LogP contribution in [0.15, 0.2) is 18.2 Å². The summed E-state index contributed by atoms with van der Waals surface area (Å²) in [4.78, 5) is 11.4. The maximum atomic E-state index is 11.4. The van der Waals surface area contributed by atoms with E-state index >= 15 is 0 Å². The first kappa shape index (κ1) is 14.0. The predicted octanol–water partition coefficient (Wildman–Crippen LogP) is 4.44. The molecule has 1 unspecified atom stereocenters. The highest BCUT2D eigenvalue weighted by atomic mass is 35.5. The molecule has 1 aromatic carbocycles. The minimum atomic E-state index is -0.156. The molecule has 0 radical (unpaired) electrons. The minimum Gasteiger partial charge on any atom is -0.457 e. The zero-order chi connectivity index (χ0) is 12.8. The van der Waals surface area contributed by atoms with Gasteiger partial charge in [-0.25, -0.2) is 0 Å². The van der Waals surface area contributed by atoms with E-state index in [1.54, 1.807) is 6.92 Å². The topological polar surface area (TPSA) is 26.3 Å². The van der Waals surface area contributed by atoms with E-state index in [0.29, 0.717) is 6.42 Å². The number of esters is 1. The molecule has 17 heavy (non-hydrogen) atoms. The fourth-order valence-electron chi connectivity index (χ4n) is 1.67. The Morgan fingerprint density at radius 2 is 2.12 bits per heavy atom. The lowest BCUT2D eigenvalue weighted by molar-refractivity contribution is -0.149. The highest BCUT2D eigenvalue weighted by Crippen LogP contribution is 2.26.